The minimum Gasteiger partial charge on any atom is -0.481 e. The molecular formula is C23H34N4O8S. The van der Waals surface area contributed by atoms with Gasteiger partial charge in [-0.1, -0.05) is 30.3 Å². The number of nitrogens with one attached hydrogen (secondary N) is 3. The minimum absolute atomic E-state index is 0.0140. The van der Waals surface area contributed by atoms with Crippen molar-refractivity contribution in [3.8, 4) is 0 Å². The Hall–Kier alpha value is -3.16. The van der Waals surface area contributed by atoms with E-state index in [4.69, 9.17) is 10.8 Å². The first-order valence-electron chi connectivity index (χ1n) is 11.3. The summed E-state index contributed by atoms with van der Waals surface area (Å²) in [6, 6.07) is 3.66. The summed E-state index contributed by atoms with van der Waals surface area (Å²) in [6.45, 7) is 1.34. The van der Waals surface area contributed by atoms with Crippen LogP contribution in [-0.2, 0) is 30.4 Å². The summed E-state index contributed by atoms with van der Waals surface area (Å²) in [5.41, 5.74) is 6.34. The van der Waals surface area contributed by atoms with Gasteiger partial charge in [0.2, 0.25) is 17.7 Å². The molecule has 5 atom stereocenters. The molecule has 36 heavy (non-hydrogen) atoms. The van der Waals surface area contributed by atoms with Crippen molar-refractivity contribution in [1.29, 1.82) is 0 Å². The number of aliphatic carboxylic acids is 2. The van der Waals surface area contributed by atoms with Gasteiger partial charge >= 0.3 is 11.9 Å². The highest BCUT2D eigenvalue weighted by Gasteiger charge is 2.31. The van der Waals surface area contributed by atoms with Crippen LogP contribution in [0.15, 0.2) is 30.3 Å². The standard InChI is InChI=1S/C23H34N4O8S/c1-13(28)19(24)22(33)25-15(10-11-36-2)20(31)27-17(12-14-6-4-3-5-7-14)21(32)26-16(23(34)35)8-9-18(29)30/h3-7,13,15-17,19,28H,8-12,24H2,1-2H3,(H,25,33)(H,26,32)(H,27,31)(H,29,30)(H,34,35). The summed E-state index contributed by atoms with van der Waals surface area (Å²) in [4.78, 5) is 60.9. The number of thioether (sulfide) groups is 1. The highest BCUT2D eigenvalue weighted by Crippen LogP contribution is 2.08. The van der Waals surface area contributed by atoms with Crippen molar-refractivity contribution in [2.75, 3.05) is 12.0 Å². The van der Waals surface area contributed by atoms with Gasteiger partial charge in [-0.15, -0.1) is 0 Å². The molecule has 0 saturated carbocycles. The van der Waals surface area contributed by atoms with E-state index in [0.717, 1.165) is 0 Å². The van der Waals surface area contributed by atoms with Gasteiger partial charge in [0.15, 0.2) is 0 Å². The normalized spacial score (nSPS) is 15.0. The third-order valence-corrected chi connectivity index (χ3v) is 5.89. The van der Waals surface area contributed by atoms with Crippen molar-refractivity contribution in [1.82, 2.24) is 16.0 Å². The van der Waals surface area contributed by atoms with Crippen LogP contribution in [-0.4, -0.2) is 87.3 Å². The number of nitrogens with two attached hydrogens (primary N) is 1. The van der Waals surface area contributed by atoms with Crippen molar-refractivity contribution >= 4 is 41.4 Å². The molecule has 8 N–H and O–H groups in total. The maximum atomic E-state index is 13.1. The monoisotopic (exact) mass is 526 g/mol. The molecule has 0 aliphatic rings. The van der Waals surface area contributed by atoms with Crippen LogP contribution in [0.4, 0.5) is 0 Å². The second kappa shape index (κ2) is 15.8. The number of carboxylic acids is 2. The summed E-state index contributed by atoms with van der Waals surface area (Å²) in [5, 5.41) is 35.2. The first-order chi connectivity index (χ1) is 17.0. The van der Waals surface area contributed by atoms with Gasteiger partial charge < -0.3 is 37.0 Å². The van der Waals surface area contributed by atoms with E-state index in [1.54, 1.807) is 30.3 Å². The van der Waals surface area contributed by atoms with Crippen LogP contribution in [0.1, 0.15) is 31.7 Å². The summed E-state index contributed by atoms with van der Waals surface area (Å²) in [6.07, 6.45) is 0.0736. The summed E-state index contributed by atoms with van der Waals surface area (Å²) in [5.74, 6) is -4.38. The first-order valence-corrected chi connectivity index (χ1v) is 12.7. The molecule has 0 fully saturated rings. The Morgan fingerprint density at radius 3 is 1.97 bits per heavy atom. The fraction of sp³-hybridized carbons (Fsp3) is 0.522. The molecule has 0 bridgehead atoms. The van der Waals surface area contributed by atoms with Crippen molar-refractivity contribution in [2.45, 2.75) is 62.9 Å². The molecule has 0 aliphatic carbocycles. The smallest absolute Gasteiger partial charge is 0.326 e. The fourth-order valence-electron chi connectivity index (χ4n) is 3.12. The lowest BCUT2D eigenvalue weighted by atomic mass is 10.0. The molecule has 0 aromatic heterocycles. The fourth-order valence-corrected chi connectivity index (χ4v) is 3.59. The Kier molecular flexibility index (Phi) is 13.5. The second-order valence-electron chi connectivity index (χ2n) is 8.19. The van der Waals surface area contributed by atoms with Crippen molar-refractivity contribution in [3.63, 3.8) is 0 Å². The molecule has 0 heterocycles. The van der Waals surface area contributed by atoms with Gasteiger partial charge in [0.25, 0.3) is 0 Å². The van der Waals surface area contributed by atoms with E-state index in [0.29, 0.717) is 11.3 Å². The van der Waals surface area contributed by atoms with E-state index in [2.05, 4.69) is 16.0 Å². The SMILES string of the molecule is CSCCC(NC(=O)C(N)C(C)O)C(=O)NC(Cc1ccccc1)C(=O)NC(CCC(=O)O)C(=O)O. The molecule has 0 radical (unpaired) electrons. The lowest BCUT2D eigenvalue weighted by Gasteiger charge is -2.25. The van der Waals surface area contributed by atoms with Gasteiger partial charge in [0, 0.05) is 12.8 Å². The highest BCUT2D eigenvalue weighted by atomic mass is 32.2. The Balaban J connectivity index is 3.10. The molecule has 1 aromatic carbocycles. The van der Waals surface area contributed by atoms with Crippen LogP contribution in [0.5, 0.6) is 0 Å². The number of aliphatic hydroxyl groups is 1. The zero-order chi connectivity index (χ0) is 27.3. The predicted octanol–water partition coefficient (Wildman–Crippen LogP) is -0.906. The molecule has 200 valence electrons. The number of benzene rings is 1. The molecule has 1 rings (SSSR count). The molecule has 13 heteroatoms. The third-order valence-electron chi connectivity index (χ3n) is 5.24. The molecule has 0 saturated heterocycles. The molecule has 5 unspecified atom stereocenters. The maximum absolute atomic E-state index is 13.1. The van der Waals surface area contributed by atoms with E-state index in [-0.39, 0.29) is 19.3 Å². The molecule has 3 amide bonds. The van der Waals surface area contributed by atoms with E-state index in [9.17, 15) is 34.2 Å². The van der Waals surface area contributed by atoms with Gasteiger partial charge in [0.1, 0.15) is 24.2 Å². The minimum atomic E-state index is -1.47. The largest absolute Gasteiger partial charge is 0.481 e. The summed E-state index contributed by atoms with van der Waals surface area (Å²) in [7, 11) is 0. The Bertz CT molecular complexity index is 899. The topological polar surface area (TPSA) is 208 Å². The second-order valence-corrected chi connectivity index (χ2v) is 9.18. The number of carboxylic acid groups (broad SMARTS) is 2. The van der Waals surface area contributed by atoms with Crippen molar-refractivity contribution in [3.05, 3.63) is 35.9 Å². The molecule has 0 spiro atoms. The Morgan fingerprint density at radius 1 is 0.889 bits per heavy atom. The average molecular weight is 527 g/mol. The van der Waals surface area contributed by atoms with Crippen LogP contribution >= 0.6 is 11.8 Å². The van der Waals surface area contributed by atoms with Gasteiger partial charge in [-0.3, -0.25) is 19.2 Å². The Labute approximate surface area is 213 Å². The third kappa shape index (κ3) is 11.1. The van der Waals surface area contributed by atoms with Gasteiger partial charge in [-0.25, -0.2) is 4.79 Å². The van der Waals surface area contributed by atoms with Crippen LogP contribution in [0.25, 0.3) is 0 Å². The van der Waals surface area contributed by atoms with Gasteiger partial charge in [-0.05, 0) is 37.3 Å². The van der Waals surface area contributed by atoms with Gasteiger partial charge in [-0.2, -0.15) is 11.8 Å². The molecule has 0 aliphatic heterocycles. The number of amides is 3. The number of rotatable bonds is 16. The Morgan fingerprint density at radius 2 is 1.44 bits per heavy atom. The van der Waals surface area contributed by atoms with Crippen LogP contribution in [0.2, 0.25) is 0 Å². The molecular weight excluding hydrogens is 492 g/mol. The highest BCUT2D eigenvalue weighted by molar-refractivity contribution is 7.98. The summed E-state index contributed by atoms with van der Waals surface area (Å²) < 4.78 is 0. The maximum Gasteiger partial charge on any atom is 0.326 e. The van der Waals surface area contributed by atoms with E-state index >= 15 is 0 Å². The van der Waals surface area contributed by atoms with E-state index < -0.39 is 66.4 Å². The first kappa shape index (κ1) is 30.9. The quantitative estimate of drug-likeness (QED) is 0.141. The molecule has 1 aromatic rings. The lowest BCUT2D eigenvalue weighted by molar-refractivity contribution is -0.143. The number of aliphatic hydroxyl groups excluding tert-OH is 1. The zero-order valence-electron chi connectivity index (χ0n) is 20.2. The molecule has 12 nitrogen and oxygen atoms in total. The van der Waals surface area contributed by atoms with E-state index in [1.165, 1.54) is 18.7 Å². The number of carbonyl (C=O) groups is 5. The van der Waals surface area contributed by atoms with Gasteiger partial charge in [0.05, 0.1) is 6.10 Å². The van der Waals surface area contributed by atoms with Crippen LogP contribution in [0.3, 0.4) is 0 Å². The van der Waals surface area contributed by atoms with Crippen LogP contribution in [0, 0.1) is 0 Å². The number of hydrogen-bond acceptors (Lipinski definition) is 8. The zero-order valence-corrected chi connectivity index (χ0v) is 21.0. The summed E-state index contributed by atoms with van der Waals surface area (Å²) >= 11 is 1.43. The number of carbonyl (C=O) groups excluding carboxylic acids is 3. The average Bonchev–Trinajstić information content (AvgIpc) is 2.83. The van der Waals surface area contributed by atoms with Crippen LogP contribution < -0.4 is 21.7 Å². The van der Waals surface area contributed by atoms with Crippen molar-refractivity contribution in [2.24, 2.45) is 5.73 Å². The predicted molar refractivity (Wildman–Crippen MR) is 133 cm³/mol. The van der Waals surface area contributed by atoms with E-state index in [1.807, 2.05) is 6.26 Å². The van der Waals surface area contributed by atoms with Crippen molar-refractivity contribution < 1.29 is 39.3 Å². The number of hydrogen-bond donors (Lipinski definition) is 7. The lowest BCUT2D eigenvalue weighted by Crippen LogP contribution is -2.58.